The van der Waals surface area contributed by atoms with Crippen LogP contribution in [0.15, 0.2) is 0 Å². The van der Waals surface area contributed by atoms with E-state index in [0.717, 1.165) is 43.4 Å². The molecule has 0 aliphatic carbocycles. The predicted octanol–water partition coefficient (Wildman–Crippen LogP) is 8.42. The molecule has 170 valence electrons. The highest BCUT2D eigenvalue weighted by atomic mass is 31.2. The summed E-state index contributed by atoms with van der Waals surface area (Å²) in [6.07, 6.45) is 14.9. The van der Waals surface area contributed by atoms with Gasteiger partial charge in [-0.3, -0.25) is 0 Å². The molecule has 0 radical (unpaired) electrons. The molecule has 0 rings (SSSR count). The third-order valence-electron chi connectivity index (χ3n) is 5.16. The lowest BCUT2D eigenvalue weighted by atomic mass is 10.1. The highest BCUT2D eigenvalue weighted by Gasteiger charge is 2.39. The average molecular weight is 420 g/mol. The van der Waals surface area contributed by atoms with Crippen molar-refractivity contribution in [2.45, 2.75) is 119 Å². The van der Waals surface area contributed by atoms with Crippen LogP contribution in [0, 0.1) is 17.8 Å². The van der Waals surface area contributed by atoms with E-state index in [-0.39, 0.29) is 0 Å². The summed E-state index contributed by atoms with van der Waals surface area (Å²) >= 11 is 0. The first-order valence-electron chi connectivity index (χ1n) is 12.1. The number of hydrogen-bond acceptors (Lipinski definition) is 3. The van der Waals surface area contributed by atoms with Crippen molar-refractivity contribution in [2.24, 2.45) is 17.8 Å². The van der Waals surface area contributed by atoms with Gasteiger partial charge in [0.2, 0.25) is 0 Å². The van der Waals surface area contributed by atoms with Gasteiger partial charge in [-0.25, -0.2) is 0 Å². The fourth-order valence-corrected chi connectivity index (χ4v) is 5.07. The smallest absolute Gasteiger partial charge is 0.193 e. The Balaban J connectivity index is 4.12. The molecule has 0 amide bonds. The van der Waals surface area contributed by atoms with E-state index in [2.05, 4.69) is 41.5 Å². The highest BCUT2D eigenvalue weighted by molar-refractivity contribution is 7.60. The third-order valence-corrected chi connectivity index (χ3v) is 7.21. The summed E-state index contributed by atoms with van der Waals surface area (Å²) in [7, 11) is -2.67. The number of rotatable bonds is 20. The Morgan fingerprint density at radius 2 is 0.893 bits per heavy atom. The highest BCUT2D eigenvalue weighted by Crippen LogP contribution is 2.57. The number of unbranched alkanes of at least 4 members (excludes halogenated alkanes) is 6. The summed E-state index contributed by atoms with van der Waals surface area (Å²) in [5.41, 5.74) is 0. The van der Waals surface area contributed by atoms with E-state index >= 15 is 0 Å². The van der Waals surface area contributed by atoms with Gasteiger partial charge in [-0.05, 0) is 43.4 Å². The fraction of sp³-hybridized carbons (Fsp3) is 1.00. The molecule has 0 fully saturated rings. The second kappa shape index (κ2) is 18.1. The van der Waals surface area contributed by atoms with E-state index in [4.69, 9.17) is 9.05 Å². The Morgan fingerprint density at radius 3 is 1.25 bits per heavy atom. The van der Waals surface area contributed by atoms with Gasteiger partial charge in [-0.15, -0.1) is 0 Å². The van der Waals surface area contributed by atoms with Gasteiger partial charge in [0, 0.05) is 0 Å². The maximum Gasteiger partial charge on any atom is 0.408 e. The molecule has 0 heterocycles. The van der Waals surface area contributed by atoms with Crippen molar-refractivity contribution in [2.75, 3.05) is 19.4 Å². The maximum absolute atomic E-state index is 11.0. The molecule has 28 heavy (non-hydrogen) atoms. The Morgan fingerprint density at radius 1 is 0.536 bits per heavy atom. The molecular formula is C24H52O3P+. The lowest BCUT2D eigenvalue weighted by Crippen LogP contribution is -2.09. The Bertz CT molecular complexity index is 312. The zero-order valence-corrected chi connectivity index (χ0v) is 20.9. The van der Waals surface area contributed by atoms with Crippen LogP contribution in [0.5, 0.6) is 0 Å². The maximum atomic E-state index is 11.0. The fourth-order valence-electron chi connectivity index (χ4n) is 3.28. The molecule has 0 bridgehead atoms. The molecular weight excluding hydrogens is 367 g/mol. The van der Waals surface area contributed by atoms with Crippen molar-refractivity contribution in [1.82, 2.24) is 0 Å². The minimum absolute atomic E-state index is 0.641. The lowest BCUT2D eigenvalue weighted by molar-refractivity contribution is 0.169. The van der Waals surface area contributed by atoms with Crippen LogP contribution in [-0.4, -0.2) is 24.3 Å². The molecule has 0 saturated carbocycles. The first kappa shape index (κ1) is 28.3. The SMILES string of the molecule is CC(C)CCCCCO[P+](O)(CCCCCC(C)C)OCCCCCC(C)C. The van der Waals surface area contributed by atoms with Gasteiger partial charge in [0.1, 0.15) is 6.16 Å². The van der Waals surface area contributed by atoms with Crippen LogP contribution in [0.4, 0.5) is 0 Å². The summed E-state index contributed by atoms with van der Waals surface area (Å²) in [5, 5.41) is 0. The lowest BCUT2D eigenvalue weighted by Gasteiger charge is -2.18. The minimum atomic E-state index is -2.67. The van der Waals surface area contributed by atoms with E-state index in [9.17, 15) is 4.89 Å². The average Bonchev–Trinajstić information content (AvgIpc) is 2.60. The van der Waals surface area contributed by atoms with E-state index in [1.54, 1.807) is 0 Å². The summed E-state index contributed by atoms with van der Waals surface area (Å²) < 4.78 is 11.9. The van der Waals surface area contributed by atoms with Crippen molar-refractivity contribution in [1.29, 1.82) is 0 Å². The summed E-state index contributed by atoms with van der Waals surface area (Å²) in [5.74, 6) is 2.31. The zero-order chi connectivity index (χ0) is 21.3. The van der Waals surface area contributed by atoms with Crippen LogP contribution in [0.1, 0.15) is 119 Å². The van der Waals surface area contributed by atoms with Gasteiger partial charge >= 0.3 is 7.94 Å². The molecule has 0 aliphatic rings. The molecule has 0 aliphatic heterocycles. The van der Waals surface area contributed by atoms with Gasteiger partial charge in [0.25, 0.3) is 0 Å². The van der Waals surface area contributed by atoms with Crippen molar-refractivity contribution < 1.29 is 13.9 Å². The molecule has 0 atom stereocenters. The molecule has 1 N–H and O–H groups in total. The van der Waals surface area contributed by atoms with E-state index in [1.165, 1.54) is 51.4 Å². The Labute approximate surface area is 177 Å². The molecule has 0 unspecified atom stereocenters. The summed E-state index contributed by atoms with van der Waals surface area (Å²) in [6, 6.07) is 0. The molecule has 4 heteroatoms. The topological polar surface area (TPSA) is 38.7 Å². The zero-order valence-electron chi connectivity index (χ0n) is 20.0. The largest absolute Gasteiger partial charge is 0.408 e. The minimum Gasteiger partial charge on any atom is -0.193 e. The first-order chi connectivity index (χ1) is 13.2. The monoisotopic (exact) mass is 419 g/mol. The Kier molecular flexibility index (Phi) is 18.3. The van der Waals surface area contributed by atoms with Crippen molar-refractivity contribution in [3.05, 3.63) is 0 Å². The molecule has 0 saturated heterocycles. The van der Waals surface area contributed by atoms with E-state index in [1.807, 2.05) is 0 Å². The Hall–Kier alpha value is 0.310. The van der Waals surface area contributed by atoms with Gasteiger partial charge in [0.15, 0.2) is 0 Å². The molecule has 0 aromatic carbocycles. The quantitative estimate of drug-likeness (QED) is 0.159. The first-order valence-corrected chi connectivity index (χ1v) is 13.9. The second-order valence-electron chi connectivity index (χ2n) is 9.76. The van der Waals surface area contributed by atoms with Crippen LogP contribution in [0.25, 0.3) is 0 Å². The van der Waals surface area contributed by atoms with E-state index < -0.39 is 7.94 Å². The van der Waals surface area contributed by atoms with Gasteiger partial charge in [0.05, 0.1) is 13.2 Å². The van der Waals surface area contributed by atoms with Crippen LogP contribution < -0.4 is 0 Å². The molecule has 3 nitrogen and oxygen atoms in total. The van der Waals surface area contributed by atoms with Crippen LogP contribution >= 0.6 is 7.94 Å². The normalized spacial score (nSPS) is 12.6. The summed E-state index contributed by atoms with van der Waals surface area (Å²) in [4.78, 5) is 11.0. The molecule has 0 spiro atoms. The second-order valence-corrected chi connectivity index (χ2v) is 12.0. The number of hydrogen-bond donors (Lipinski definition) is 1. The van der Waals surface area contributed by atoms with Gasteiger partial charge in [-0.2, -0.15) is 13.9 Å². The third kappa shape index (κ3) is 19.6. The van der Waals surface area contributed by atoms with Gasteiger partial charge < -0.3 is 0 Å². The van der Waals surface area contributed by atoms with Crippen molar-refractivity contribution >= 4 is 7.94 Å². The molecule has 0 aromatic heterocycles. The standard InChI is InChI=1S/C24H52O3P/c1-22(2)16-10-7-13-19-26-28(25,21-15-9-12-18-24(5)6)27-20-14-8-11-17-23(3)4/h22-25H,7-21H2,1-6H3/q+1. The predicted molar refractivity (Wildman–Crippen MR) is 126 cm³/mol. The van der Waals surface area contributed by atoms with Crippen LogP contribution in [0.2, 0.25) is 0 Å². The van der Waals surface area contributed by atoms with Gasteiger partial charge in [-0.1, -0.05) is 92.9 Å². The van der Waals surface area contributed by atoms with Crippen molar-refractivity contribution in [3.63, 3.8) is 0 Å². The van der Waals surface area contributed by atoms with Crippen molar-refractivity contribution in [3.8, 4) is 0 Å². The van der Waals surface area contributed by atoms with Crippen LogP contribution in [0.3, 0.4) is 0 Å². The summed E-state index contributed by atoms with van der Waals surface area (Å²) in [6.45, 7) is 14.9. The van der Waals surface area contributed by atoms with E-state index in [0.29, 0.717) is 19.4 Å². The van der Waals surface area contributed by atoms with Crippen LogP contribution in [-0.2, 0) is 9.05 Å². The molecule has 0 aromatic rings.